The van der Waals surface area contributed by atoms with Crippen LogP contribution in [0.2, 0.25) is 0 Å². The van der Waals surface area contributed by atoms with E-state index in [1.165, 1.54) is 25.7 Å². The molecular formula is C15H23N3O. The van der Waals surface area contributed by atoms with Crippen molar-refractivity contribution in [1.82, 2.24) is 15.3 Å². The average molecular weight is 261 g/mol. The summed E-state index contributed by atoms with van der Waals surface area (Å²) in [5.74, 6) is 3.19. The summed E-state index contributed by atoms with van der Waals surface area (Å²) in [6.45, 7) is 3.11. The molecule has 1 heterocycles. The van der Waals surface area contributed by atoms with Gasteiger partial charge in [0.05, 0.1) is 13.2 Å². The number of ether oxygens (including phenoxy) is 1. The Bertz CT molecular complexity index is 425. The molecule has 0 bridgehead atoms. The van der Waals surface area contributed by atoms with E-state index >= 15 is 0 Å². The van der Waals surface area contributed by atoms with Gasteiger partial charge in [-0.05, 0) is 37.1 Å². The number of rotatable bonds is 5. The van der Waals surface area contributed by atoms with Crippen molar-refractivity contribution in [3.8, 4) is 5.88 Å². The Morgan fingerprint density at radius 3 is 2.58 bits per heavy atom. The lowest BCUT2D eigenvalue weighted by molar-refractivity contribution is 0.364. The van der Waals surface area contributed by atoms with Crippen LogP contribution in [0.4, 0.5) is 0 Å². The number of nitrogens with zero attached hydrogens (tertiary/aromatic N) is 2. The van der Waals surface area contributed by atoms with E-state index in [1.807, 2.05) is 0 Å². The van der Waals surface area contributed by atoms with Gasteiger partial charge in [-0.1, -0.05) is 19.8 Å². The fraction of sp³-hybridized carbons (Fsp3) is 0.733. The number of aromatic nitrogens is 2. The summed E-state index contributed by atoms with van der Waals surface area (Å²) in [7, 11) is 1.68. The summed E-state index contributed by atoms with van der Waals surface area (Å²) in [5, 5.41) is 3.61. The van der Waals surface area contributed by atoms with E-state index in [1.54, 1.807) is 19.5 Å². The first-order valence-electron chi connectivity index (χ1n) is 7.45. The van der Waals surface area contributed by atoms with Gasteiger partial charge in [0.2, 0.25) is 5.88 Å². The summed E-state index contributed by atoms with van der Waals surface area (Å²) >= 11 is 0. The molecule has 3 atom stereocenters. The SMILES string of the molecule is CCNC(c1nccnc1OC)C1C2CCCCC21. The van der Waals surface area contributed by atoms with Crippen LogP contribution in [0.3, 0.4) is 0 Å². The Morgan fingerprint density at radius 1 is 1.26 bits per heavy atom. The number of methoxy groups -OCH3 is 1. The van der Waals surface area contributed by atoms with Crippen LogP contribution in [0.25, 0.3) is 0 Å². The second-order valence-electron chi connectivity index (χ2n) is 5.68. The molecule has 0 radical (unpaired) electrons. The number of nitrogens with one attached hydrogen (secondary N) is 1. The van der Waals surface area contributed by atoms with Gasteiger partial charge in [-0.15, -0.1) is 0 Å². The molecule has 2 aliphatic rings. The Kier molecular flexibility index (Phi) is 3.69. The maximum Gasteiger partial charge on any atom is 0.237 e. The lowest BCUT2D eigenvalue weighted by Crippen LogP contribution is -2.25. The van der Waals surface area contributed by atoms with Crippen molar-refractivity contribution in [1.29, 1.82) is 0 Å². The molecule has 0 saturated heterocycles. The van der Waals surface area contributed by atoms with E-state index in [4.69, 9.17) is 4.74 Å². The van der Waals surface area contributed by atoms with Gasteiger partial charge >= 0.3 is 0 Å². The second-order valence-corrected chi connectivity index (χ2v) is 5.68. The van der Waals surface area contributed by atoms with E-state index in [2.05, 4.69) is 22.2 Å². The first-order chi connectivity index (χ1) is 9.36. The van der Waals surface area contributed by atoms with Crippen LogP contribution in [0.1, 0.15) is 44.3 Å². The van der Waals surface area contributed by atoms with Gasteiger partial charge in [0.1, 0.15) is 5.69 Å². The van der Waals surface area contributed by atoms with E-state index < -0.39 is 0 Å². The van der Waals surface area contributed by atoms with Gasteiger partial charge < -0.3 is 10.1 Å². The van der Waals surface area contributed by atoms with Crippen LogP contribution in [-0.2, 0) is 0 Å². The highest BCUT2D eigenvalue weighted by atomic mass is 16.5. The summed E-state index contributed by atoms with van der Waals surface area (Å²) < 4.78 is 5.39. The predicted molar refractivity (Wildman–Crippen MR) is 73.9 cm³/mol. The molecule has 3 unspecified atom stereocenters. The molecule has 104 valence electrons. The summed E-state index contributed by atoms with van der Waals surface area (Å²) in [5.41, 5.74) is 0.992. The van der Waals surface area contributed by atoms with Crippen LogP contribution >= 0.6 is 0 Å². The molecule has 1 N–H and O–H groups in total. The second kappa shape index (κ2) is 5.45. The highest BCUT2D eigenvalue weighted by Gasteiger charge is 2.55. The Hall–Kier alpha value is -1.16. The van der Waals surface area contributed by atoms with Crippen molar-refractivity contribution in [3.05, 3.63) is 18.1 Å². The number of hydrogen-bond acceptors (Lipinski definition) is 4. The summed E-state index contributed by atoms with van der Waals surface area (Å²) in [6.07, 6.45) is 9.04. The minimum atomic E-state index is 0.307. The highest BCUT2D eigenvalue weighted by molar-refractivity contribution is 5.25. The van der Waals surface area contributed by atoms with E-state index in [0.29, 0.717) is 11.9 Å². The standard InChI is InChI=1S/C15H23N3O/c1-3-16-13(12-10-6-4-5-7-11(10)12)14-15(19-2)18-9-8-17-14/h8-13,16H,3-7H2,1-2H3. The van der Waals surface area contributed by atoms with Crippen molar-refractivity contribution in [2.45, 2.75) is 38.6 Å². The molecule has 0 spiro atoms. The Balaban J connectivity index is 1.84. The third-order valence-corrected chi connectivity index (χ3v) is 4.71. The van der Waals surface area contributed by atoms with Crippen molar-refractivity contribution in [3.63, 3.8) is 0 Å². The molecule has 19 heavy (non-hydrogen) atoms. The zero-order valence-corrected chi connectivity index (χ0v) is 11.8. The monoisotopic (exact) mass is 261 g/mol. The molecule has 2 saturated carbocycles. The van der Waals surface area contributed by atoms with Crippen LogP contribution in [0.5, 0.6) is 5.88 Å². The van der Waals surface area contributed by atoms with Crippen molar-refractivity contribution >= 4 is 0 Å². The zero-order valence-electron chi connectivity index (χ0n) is 11.8. The summed E-state index contributed by atoms with van der Waals surface area (Å²) in [4.78, 5) is 8.84. The zero-order chi connectivity index (χ0) is 13.2. The minimum absolute atomic E-state index is 0.307. The van der Waals surface area contributed by atoms with Crippen molar-refractivity contribution in [2.75, 3.05) is 13.7 Å². The maximum atomic E-state index is 5.39. The molecule has 1 aromatic heterocycles. The van der Waals surface area contributed by atoms with Gasteiger partial charge in [-0.2, -0.15) is 0 Å². The van der Waals surface area contributed by atoms with Crippen molar-refractivity contribution < 1.29 is 4.74 Å². The quantitative estimate of drug-likeness (QED) is 0.885. The molecule has 4 nitrogen and oxygen atoms in total. The topological polar surface area (TPSA) is 47.0 Å². The predicted octanol–water partition coefficient (Wildman–Crippen LogP) is 2.57. The Morgan fingerprint density at radius 2 is 1.95 bits per heavy atom. The fourth-order valence-electron chi connectivity index (χ4n) is 3.88. The molecule has 0 amide bonds. The molecule has 4 heteroatoms. The van der Waals surface area contributed by atoms with E-state index in [0.717, 1.165) is 30.0 Å². The molecule has 3 rings (SSSR count). The van der Waals surface area contributed by atoms with Crippen molar-refractivity contribution in [2.24, 2.45) is 17.8 Å². The first kappa shape index (κ1) is 12.9. The van der Waals surface area contributed by atoms with Crippen LogP contribution in [0.15, 0.2) is 12.4 Å². The Labute approximate surface area is 115 Å². The van der Waals surface area contributed by atoms with E-state index in [9.17, 15) is 0 Å². The molecule has 1 aromatic rings. The smallest absolute Gasteiger partial charge is 0.237 e. The minimum Gasteiger partial charge on any atom is -0.480 e. The van der Waals surface area contributed by atoms with Gasteiger partial charge in [-0.25, -0.2) is 4.98 Å². The van der Waals surface area contributed by atoms with Gasteiger partial charge in [0.25, 0.3) is 0 Å². The van der Waals surface area contributed by atoms with Gasteiger partial charge in [0, 0.05) is 12.4 Å². The third-order valence-electron chi connectivity index (χ3n) is 4.71. The maximum absolute atomic E-state index is 5.39. The van der Waals surface area contributed by atoms with E-state index in [-0.39, 0.29) is 0 Å². The molecule has 0 aliphatic heterocycles. The third kappa shape index (κ3) is 2.34. The molecule has 0 aromatic carbocycles. The molecular weight excluding hydrogens is 238 g/mol. The fourth-order valence-corrected chi connectivity index (χ4v) is 3.88. The number of hydrogen-bond donors (Lipinski definition) is 1. The first-order valence-corrected chi connectivity index (χ1v) is 7.45. The number of fused-ring (bicyclic) bond motifs is 1. The normalized spacial score (nSPS) is 30.5. The van der Waals surface area contributed by atoms with Crippen LogP contribution < -0.4 is 10.1 Å². The lowest BCUT2D eigenvalue weighted by atomic mass is 10.0. The molecule has 2 aliphatic carbocycles. The van der Waals surface area contributed by atoms with Gasteiger partial charge in [0.15, 0.2) is 0 Å². The average Bonchev–Trinajstić information content (AvgIpc) is 3.19. The van der Waals surface area contributed by atoms with Gasteiger partial charge in [-0.3, -0.25) is 4.98 Å². The lowest BCUT2D eigenvalue weighted by Gasteiger charge is -2.19. The van der Waals surface area contributed by atoms with Crippen LogP contribution in [-0.4, -0.2) is 23.6 Å². The summed E-state index contributed by atoms with van der Waals surface area (Å²) in [6, 6.07) is 0.307. The van der Waals surface area contributed by atoms with Crippen LogP contribution in [0, 0.1) is 17.8 Å². The largest absolute Gasteiger partial charge is 0.480 e. The molecule has 2 fully saturated rings. The highest BCUT2D eigenvalue weighted by Crippen LogP contribution is 2.60.